The highest BCUT2D eigenvalue weighted by atomic mass is 16.5. The lowest BCUT2D eigenvalue weighted by molar-refractivity contribution is 0.00353. The summed E-state index contributed by atoms with van der Waals surface area (Å²) in [6.07, 6.45) is 0.737. The minimum atomic E-state index is 0.0925. The molecule has 4 heteroatoms. The van der Waals surface area contributed by atoms with Crippen molar-refractivity contribution in [1.82, 2.24) is 4.90 Å². The van der Waals surface area contributed by atoms with Crippen LogP contribution in [-0.2, 0) is 11.2 Å². The zero-order valence-corrected chi connectivity index (χ0v) is 10.8. The molecule has 0 aromatic heterocycles. The molecule has 1 aromatic rings. The second-order valence-corrected chi connectivity index (χ2v) is 4.62. The van der Waals surface area contributed by atoms with Gasteiger partial charge in [0.1, 0.15) is 0 Å². The zero-order valence-electron chi connectivity index (χ0n) is 10.8. The van der Waals surface area contributed by atoms with E-state index in [1.54, 1.807) is 0 Å². The summed E-state index contributed by atoms with van der Waals surface area (Å²) < 4.78 is 5.36. The number of carbonyl (C=O) groups is 1. The highest BCUT2D eigenvalue weighted by Gasteiger charge is 2.25. The van der Waals surface area contributed by atoms with Crippen molar-refractivity contribution in [3.8, 4) is 0 Å². The summed E-state index contributed by atoms with van der Waals surface area (Å²) in [5, 5.41) is 0. The Hall–Kier alpha value is -1.39. The second kappa shape index (κ2) is 5.98. The van der Waals surface area contributed by atoms with Crippen LogP contribution >= 0.6 is 0 Å². The molecule has 1 atom stereocenters. The van der Waals surface area contributed by atoms with E-state index in [4.69, 9.17) is 10.5 Å². The fraction of sp³-hybridized carbons (Fsp3) is 0.500. The molecule has 2 N–H and O–H groups in total. The van der Waals surface area contributed by atoms with Gasteiger partial charge in [-0.15, -0.1) is 0 Å². The number of nitrogens with zero attached hydrogens (tertiary/aromatic N) is 1. The van der Waals surface area contributed by atoms with Crippen molar-refractivity contribution in [2.24, 2.45) is 5.73 Å². The third-order valence-corrected chi connectivity index (χ3v) is 3.29. The maximum absolute atomic E-state index is 12.5. The van der Waals surface area contributed by atoms with Crippen molar-refractivity contribution in [3.63, 3.8) is 0 Å². The van der Waals surface area contributed by atoms with Gasteiger partial charge in [-0.1, -0.05) is 18.2 Å². The van der Waals surface area contributed by atoms with Crippen molar-refractivity contribution < 1.29 is 9.53 Å². The summed E-state index contributed by atoms with van der Waals surface area (Å²) in [5.74, 6) is 0.0925. The number of hydrogen-bond donors (Lipinski definition) is 1. The van der Waals surface area contributed by atoms with Crippen LogP contribution in [0.15, 0.2) is 24.3 Å². The van der Waals surface area contributed by atoms with E-state index in [0.717, 1.165) is 17.5 Å². The van der Waals surface area contributed by atoms with Crippen LogP contribution in [0.4, 0.5) is 0 Å². The van der Waals surface area contributed by atoms with Gasteiger partial charge in [0.25, 0.3) is 5.91 Å². The van der Waals surface area contributed by atoms with E-state index in [9.17, 15) is 4.79 Å². The molecule has 2 rings (SSSR count). The van der Waals surface area contributed by atoms with Gasteiger partial charge in [-0.25, -0.2) is 0 Å². The fourth-order valence-electron chi connectivity index (χ4n) is 2.29. The lowest BCUT2D eigenvalue weighted by Gasteiger charge is -2.33. The first kappa shape index (κ1) is 13.1. The van der Waals surface area contributed by atoms with Crippen LogP contribution < -0.4 is 5.73 Å². The molecular weight excluding hydrogens is 228 g/mol. The molecule has 0 aliphatic carbocycles. The van der Waals surface area contributed by atoms with Gasteiger partial charge in [-0.2, -0.15) is 0 Å². The highest BCUT2D eigenvalue weighted by Crippen LogP contribution is 2.16. The molecule has 1 heterocycles. The van der Waals surface area contributed by atoms with E-state index in [1.165, 1.54) is 0 Å². The fourth-order valence-corrected chi connectivity index (χ4v) is 2.29. The molecule has 1 fully saturated rings. The number of ether oxygens (including phenoxy) is 1. The minimum absolute atomic E-state index is 0.0925. The van der Waals surface area contributed by atoms with E-state index < -0.39 is 0 Å². The van der Waals surface area contributed by atoms with Crippen LogP contribution in [0.5, 0.6) is 0 Å². The van der Waals surface area contributed by atoms with Crippen LogP contribution in [0.25, 0.3) is 0 Å². The van der Waals surface area contributed by atoms with E-state index in [2.05, 4.69) is 0 Å². The number of carbonyl (C=O) groups excluding carboxylic acids is 1. The maximum Gasteiger partial charge on any atom is 0.254 e. The first-order chi connectivity index (χ1) is 8.74. The highest BCUT2D eigenvalue weighted by molar-refractivity contribution is 5.96. The van der Waals surface area contributed by atoms with Gasteiger partial charge in [0.05, 0.1) is 19.3 Å². The predicted octanol–water partition coefficient (Wildman–Crippen LogP) is 1.05. The van der Waals surface area contributed by atoms with Crippen molar-refractivity contribution >= 4 is 5.91 Å². The Bertz CT molecular complexity index is 420. The summed E-state index contributed by atoms with van der Waals surface area (Å²) >= 11 is 0. The van der Waals surface area contributed by atoms with Gasteiger partial charge in [0.2, 0.25) is 0 Å². The summed E-state index contributed by atoms with van der Waals surface area (Å²) in [7, 11) is 0. The topological polar surface area (TPSA) is 55.6 Å². The Kier molecular flexibility index (Phi) is 4.33. The maximum atomic E-state index is 12.5. The lowest BCUT2D eigenvalue weighted by Crippen LogP contribution is -2.47. The second-order valence-electron chi connectivity index (χ2n) is 4.62. The number of rotatable bonds is 3. The van der Waals surface area contributed by atoms with Gasteiger partial charge in [0, 0.05) is 12.1 Å². The Morgan fingerprint density at radius 2 is 2.28 bits per heavy atom. The van der Waals surface area contributed by atoms with Gasteiger partial charge in [-0.3, -0.25) is 4.79 Å². The standard InChI is InChI=1S/C14H20N2O2/c1-11-10-18-9-8-16(11)14(17)13-5-3-2-4-12(13)6-7-15/h2-5,11H,6-10,15H2,1H3. The van der Waals surface area contributed by atoms with Crippen molar-refractivity contribution in [3.05, 3.63) is 35.4 Å². The first-order valence-corrected chi connectivity index (χ1v) is 6.40. The quantitative estimate of drug-likeness (QED) is 0.870. The van der Waals surface area contributed by atoms with Crippen molar-refractivity contribution in [1.29, 1.82) is 0 Å². The van der Waals surface area contributed by atoms with E-state index in [-0.39, 0.29) is 11.9 Å². The molecule has 1 aliphatic rings. The van der Waals surface area contributed by atoms with Crippen molar-refractivity contribution in [2.75, 3.05) is 26.3 Å². The van der Waals surface area contributed by atoms with Gasteiger partial charge in [-0.05, 0) is 31.5 Å². The summed E-state index contributed by atoms with van der Waals surface area (Å²) in [5.41, 5.74) is 7.40. The summed E-state index contributed by atoms with van der Waals surface area (Å²) in [4.78, 5) is 14.4. The average Bonchev–Trinajstić information content (AvgIpc) is 2.40. The van der Waals surface area contributed by atoms with Crippen LogP contribution in [-0.4, -0.2) is 43.2 Å². The number of amides is 1. The minimum Gasteiger partial charge on any atom is -0.377 e. The Morgan fingerprint density at radius 3 is 3.00 bits per heavy atom. The number of hydrogen-bond acceptors (Lipinski definition) is 3. The lowest BCUT2D eigenvalue weighted by atomic mass is 10.0. The molecule has 1 aromatic carbocycles. The van der Waals surface area contributed by atoms with E-state index in [1.807, 2.05) is 36.1 Å². The Labute approximate surface area is 108 Å². The molecule has 1 unspecified atom stereocenters. The van der Waals surface area contributed by atoms with Crippen LogP contribution in [0.2, 0.25) is 0 Å². The van der Waals surface area contributed by atoms with Gasteiger partial charge in [0.15, 0.2) is 0 Å². The molecule has 0 radical (unpaired) electrons. The molecule has 1 saturated heterocycles. The third-order valence-electron chi connectivity index (χ3n) is 3.29. The molecule has 0 bridgehead atoms. The monoisotopic (exact) mass is 248 g/mol. The zero-order chi connectivity index (χ0) is 13.0. The third kappa shape index (κ3) is 2.71. The molecule has 0 spiro atoms. The molecule has 98 valence electrons. The van der Waals surface area contributed by atoms with Crippen LogP contribution in [0.3, 0.4) is 0 Å². The molecular formula is C14H20N2O2. The molecule has 1 amide bonds. The predicted molar refractivity (Wildman–Crippen MR) is 70.5 cm³/mol. The van der Waals surface area contributed by atoms with E-state index in [0.29, 0.717) is 26.3 Å². The van der Waals surface area contributed by atoms with Crippen LogP contribution in [0.1, 0.15) is 22.8 Å². The first-order valence-electron chi connectivity index (χ1n) is 6.40. The van der Waals surface area contributed by atoms with E-state index >= 15 is 0 Å². The van der Waals surface area contributed by atoms with Gasteiger partial charge >= 0.3 is 0 Å². The largest absolute Gasteiger partial charge is 0.377 e. The van der Waals surface area contributed by atoms with Crippen LogP contribution in [0, 0.1) is 0 Å². The molecule has 18 heavy (non-hydrogen) atoms. The number of nitrogens with two attached hydrogens (primary N) is 1. The average molecular weight is 248 g/mol. The Balaban J connectivity index is 2.22. The van der Waals surface area contributed by atoms with Gasteiger partial charge < -0.3 is 15.4 Å². The summed E-state index contributed by atoms with van der Waals surface area (Å²) in [6, 6.07) is 7.85. The number of benzene rings is 1. The smallest absolute Gasteiger partial charge is 0.254 e. The van der Waals surface area contributed by atoms with Crippen molar-refractivity contribution in [2.45, 2.75) is 19.4 Å². The summed E-state index contributed by atoms with van der Waals surface area (Å²) in [6.45, 7) is 4.47. The SMILES string of the molecule is CC1COCCN1C(=O)c1ccccc1CCN. The molecule has 4 nitrogen and oxygen atoms in total. The molecule has 1 aliphatic heterocycles. The Morgan fingerprint density at radius 1 is 1.50 bits per heavy atom. The molecule has 0 saturated carbocycles. The number of morpholine rings is 1. The normalized spacial score (nSPS) is 19.9.